The number of ether oxygens (including phenoxy) is 2. The Bertz CT molecular complexity index is 1040. The zero-order valence-corrected chi connectivity index (χ0v) is 19.4. The normalized spacial score (nSPS) is 14.8. The Labute approximate surface area is 192 Å². The van der Waals surface area contributed by atoms with Crippen LogP contribution in [-0.2, 0) is 14.8 Å². The number of hydrogen-bond acceptors (Lipinski definition) is 5. The Morgan fingerprint density at radius 2 is 1.81 bits per heavy atom. The number of carbonyl (C=O) groups excluding carboxylic acids is 1. The Morgan fingerprint density at radius 3 is 2.52 bits per heavy atom. The van der Waals surface area contributed by atoms with Crippen molar-refractivity contribution < 1.29 is 22.7 Å². The van der Waals surface area contributed by atoms with Gasteiger partial charge in [-0.15, -0.1) is 0 Å². The Kier molecular flexibility index (Phi) is 8.05. The summed E-state index contributed by atoms with van der Waals surface area (Å²) in [6.07, 6.45) is 2.66. The van der Waals surface area contributed by atoms with Gasteiger partial charge in [-0.05, 0) is 50.1 Å². The fraction of sp³-hybridized carbons (Fsp3) is 0.381. The Morgan fingerprint density at radius 1 is 1.06 bits per heavy atom. The predicted molar refractivity (Wildman–Crippen MR) is 121 cm³/mol. The third-order valence-corrected chi connectivity index (χ3v) is 7.46. The first kappa shape index (κ1) is 23.7. The van der Waals surface area contributed by atoms with Crippen LogP contribution in [0.5, 0.6) is 11.5 Å². The van der Waals surface area contributed by atoms with Gasteiger partial charge in [0.05, 0.1) is 11.6 Å². The fourth-order valence-corrected chi connectivity index (χ4v) is 5.26. The molecule has 0 atom stereocenters. The minimum absolute atomic E-state index is 0.0351. The summed E-state index contributed by atoms with van der Waals surface area (Å²) in [4.78, 5) is 12.4. The lowest BCUT2D eigenvalue weighted by atomic mass is 10.2. The molecule has 0 aliphatic carbocycles. The van der Waals surface area contributed by atoms with Crippen molar-refractivity contribution in [2.75, 3.05) is 31.6 Å². The van der Waals surface area contributed by atoms with Crippen LogP contribution in [0.3, 0.4) is 0 Å². The first-order valence-corrected chi connectivity index (χ1v) is 12.2. The highest BCUT2D eigenvalue weighted by molar-refractivity contribution is 7.89. The number of nitrogens with zero attached hydrogens (tertiary/aromatic N) is 1. The van der Waals surface area contributed by atoms with E-state index in [4.69, 9.17) is 32.7 Å². The average molecular weight is 487 g/mol. The van der Waals surface area contributed by atoms with Crippen molar-refractivity contribution in [2.24, 2.45) is 0 Å². The molecule has 1 aliphatic rings. The van der Waals surface area contributed by atoms with Crippen LogP contribution in [0.2, 0.25) is 10.0 Å². The molecule has 168 valence electrons. The lowest BCUT2D eigenvalue weighted by Gasteiger charge is -2.27. The highest BCUT2D eigenvalue weighted by atomic mass is 35.5. The first-order valence-electron chi connectivity index (χ1n) is 9.96. The number of benzene rings is 2. The molecule has 0 aromatic heterocycles. The van der Waals surface area contributed by atoms with Crippen LogP contribution >= 0.6 is 23.2 Å². The van der Waals surface area contributed by atoms with Crippen LogP contribution in [0.25, 0.3) is 0 Å². The van der Waals surface area contributed by atoms with Crippen LogP contribution < -0.4 is 14.8 Å². The van der Waals surface area contributed by atoms with Crippen molar-refractivity contribution in [2.45, 2.75) is 31.1 Å². The second kappa shape index (κ2) is 10.5. The van der Waals surface area contributed by atoms with Crippen LogP contribution in [0.15, 0.2) is 41.3 Å². The number of rotatable bonds is 8. The van der Waals surface area contributed by atoms with E-state index in [1.807, 2.05) is 0 Å². The highest BCUT2D eigenvalue weighted by Gasteiger charge is 2.29. The molecule has 1 amide bonds. The molecule has 1 fully saturated rings. The summed E-state index contributed by atoms with van der Waals surface area (Å²) in [5.41, 5.74) is 0.324. The van der Waals surface area contributed by atoms with Gasteiger partial charge in [-0.2, -0.15) is 4.31 Å². The van der Waals surface area contributed by atoms with Gasteiger partial charge in [0.25, 0.3) is 5.91 Å². The van der Waals surface area contributed by atoms with Gasteiger partial charge in [0.1, 0.15) is 21.4 Å². The molecular weight excluding hydrogens is 463 g/mol. The molecule has 3 rings (SSSR count). The summed E-state index contributed by atoms with van der Waals surface area (Å²) in [7, 11) is -3.75. The molecule has 0 spiro atoms. The van der Waals surface area contributed by atoms with Gasteiger partial charge in [-0.25, -0.2) is 8.42 Å². The summed E-state index contributed by atoms with van der Waals surface area (Å²) >= 11 is 12.0. The molecule has 1 saturated heterocycles. The van der Waals surface area contributed by atoms with Crippen molar-refractivity contribution in [3.05, 3.63) is 46.4 Å². The predicted octanol–water partition coefficient (Wildman–Crippen LogP) is 4.58. The molecule has 2 aromatic carbocycles. The van der Waals surface area contributed by atoms with Crippen LogP contribution in [0, 0.1) is 0 Å². The maximum atomic E-state index is 13.2. The number of sulfonamides is 1. The van der Waals surface area contributed by atoms with Crippen LogP contribution in [0.1, 0.15) is 26.2 Å². The highest BCUT2D eigenvalue weighted by Crippen LogP contribution is 2.32. The molecule has 1 aliphatic heterocycles. The van der Waals surface area contributed by atoms with Crippen molar-refractivity contribution in [1.29, 1.82) is 0 Å². The molecule has 31 heavy (non-hydrogen) atoms. The van der Waals surface area contributed by atoms with Gasteiger partial charge in [0, 0.05) is 18.8 Å². The number of amides is 1. The van der Waals surface area contributed by atoms with Crippen LogP contribution in [0.4, 0.5) is 5.69 Å². The van der Waals surface area contributed by atoms with E-state index < -0.39 is 15.9 Å². The maximum absolute atomic E-state index is 13.2. The number of hydrogen-bond donors (Lipinski definition) is 1. The zero-order chi connectivity index (χ0) is 22.4. The van der Waals surface area contributed by atoms with E-state index in [1.165, 1.54) is 10.4 Å². The molecule has 10 heteroatoms. The van der Waals surface area contributed by atoms with Crippen molar-refractivity contribution in [3.8, 4) is 11.5 Å². The van der Waals surface area contributed by atoms with E-state index in [0.29, 0.717) is 30.4 Å². The fourth-order valence-electron chi connectivity index (χ4n) is 3.24. The number of anilines is 1. The number of carbonyl (C=O) groups is 1. The summed E-state index contributed by atoms with van der Waals surface area (Å²) in [6.45, 7) is 2.73. The standard InChI is InChI=1S/C21H24Cl2N2O5S/c1-2-29-17-10-9-15(13-19(17)31(27,28)25-11-4-3-5-12-25)24-20(26)14-30-18-8-6-7-16(22)21(18)23/h6-10,13H,2-5,11-12,14H2,1H3,(H,24,26). The van der Waals surface area contributed by atoms with Gasteiger partial charge in [-0.1, -0.05) is 35.7 Å². The molecule has 7 nitrogen and oxygen atoms in total. The lowest BCUT2D eigenvalue weighted by molar-refractivity contribution is -0.118. The number of piperidine rings is 1. The summed E-state index contributed by atoms with van der Waals surface area (Å²) in [5, 5.41) is 3.19. The topological polar surface area (TPSA) is 84.9 Å². The Hall–Kier alpha value is -2.00. The van der Waals surface area contributed by atoms with E-state index in [2.05, 4.69) is 5.32 Å². The van der Waals surface area contributed by atoms with E-state index in [0.717, 1.165) is 19.3 Å². The van der Waals surface area contributed by atoms with Crippen molar-refractivity contribution in [3.63, 3.8) is 0 Å². The molecule has 2 aromatic rings. The van der Waals surface area contributed by atoms with Gasteiger partial charge in [0.15, 0.2) is 6.61 Å². The molecule has 0 unspecified atom stereocenters. The minimum Gasteiger partial charge on any atom is -0.492 e. The first-order chi connectivity index (χ1) is 14.8. The van der Waals surface area contributed by atoms with Gasteiger partial charge < -0.3 is 14.8 Å². The summed E-state index contributed by atoms with van der Waals surface area (Å²) < 4.78 is 38.8. The van der Waals surface area contributed by atoms with Gasteiger partial charge >= 0.3 is 0 Å². The van der Waals surface area contributed by atoms with E-state index in [1.54, 1.807) is 37.3 Å². The molecular formula is C21H24Cl2N2O5S. The van der Waals surface area contributed by atoms with E-state index in [-0.39, 0.29) is 28.0 Å². The zero-order valence-electron chi connectivity index (χ0n) is 17.1. The van der Waals surface area contributed by atoms with Gasteiger partial charge in [0.2, 0.25) is 10.0 Å². The van der Waals surface area contributed by atoms with Crippen molar-refractivity contribution >= 4 is 44.8 Å². The molecule has 1 N–H and O–H groups in total. The van der Waals surface area contributed by atoms with Crippen LogP contribution in [-0.4, -0.2) is 44.9 Å². The van der Waals surface area contributed by atoms with E-state index >= 15 is 0 Å². The third kappa shape index (κ3) is 5.83. The second-order valence-corrected chi connectivity index (χ2v) is 9.64. The molecule has 0 radical (unpaired) electrons. The number of halogens is 2. The lowest BCUT2D eigenvalue weighted by Crippen LogP contribution is -2.35. The van der Waals surface area contributed by atoms with E-state index in [9.17, 15) is 13.2 Å². The summed E-state index contributed by atoms with van der Waals surface area (Å²) in [6, 6.07) is 9.42. The quantitative estimate of drug-likeness (QED) is 0.589. The van der Waals surface area contributed by atoms with Crippen molar-refractivity contribution in [1.82, 2.24) is 4.31 Å². The monoisotopic (exact) mass is 486 g/mol. The summed E-state index contributed by atoms with van der Waals surface area (Å²) in [5.74, 6) is 0.0685. The SMILES string of the molecule is CCOc1ccc(NC(=O)COc2cccc(Cl)c2Cl)cc1S(=O)(=O)N1CCCCC1. The Balaban J connectivity index is 1.76. The average Bonchev–Trinajstić information content (AvgIpc) is 2.76. The molecule has 1 heterocycles. The second-order valence-electron chi connectivity index (χ2n) is 6.95. The molecule has 0 bridgehead atoms. The minimum atomic E-state index is -3.75. The van der Waals surface area contributed by atoms with Gasteiger partial charge in [-0.3, -0.25) is 4.79 Å². The smallest absolute Gasteiger partial charge is 0.262 e. The maximum Gasteiger partial charge on any atom is 0.262 e. The third-order valence-electron chi connectivity index (χ3n) is 4.74. The molecule has 0 saturated carbocycles. The largest absolute Gasteiger partial charge is 0.492 e. The number of nitrogens with one attached hydrogen (secondary N) is 1.